The number of aromatic nitrogens is 5. The molecular formula is C22H23ClN6O3. The van der Waals surface area contributed by atoms with Crippen LogP contribution in [-0.4, -0.2) is 51.0 Å². The number of H-pyrrole nitrogens is 2. The van der Waals surface area contributed by atoms with Crippen LogP contribution in [0.3, 0.4) is 0 Å². The lowest BCUT2D eigenvalue weighted by Gasteiger charge is -2.12. The molecule has 9 nitrogen and oxygen atoms in total. The molecule has 166 valence electrons. The predicted molar refractivity (Wildman–Crippen MR) is 121 cm³/mol. The monoisotopic (exact) mass is 454 g/mol. The molecule has 2 aromatic carbocycles. The van der Waals surface area contributed by atoms with E-state index in [1.807, 2.05) is 32.0 Å². The quantitative estimate of drug-likeness (QED) is 0.375. The van der Waals surface area contributed by atoms with Gasteiger partial charge in [0.2, 0.25) is 0 Å². The zero-order chi connectivity index (χ0) is 22.7. The number of nitrogens with zero attached hydrogens (tertiary/aromatic N) is 3. The predicted octanol–water partition coefficient (Wildman–Crippen LogP) is 3.50. The summed E-state index contributed by atoms with van der Waals surface area (Å²) < 4.78 is 11.0. The number of carbonyl (C=O) groups excluding carboxylic acids is 1. The van der Waals surface area contributed by atoms with E-state index >= 15 is 0 Å². The first-order chi connectivity index (χ1) is 15.4. The van der Waals surface area contributed by atoms with Crippen LogP contribution in [0.25, 0.3) is 22.3 Å². The number of hydrogen-bond donors (Lipinski definition) is 3. The minimum Gasteiger partial charge on any atom is -0.493 e. The maximum absolute atomic E-state index is 11.8. The number of amides is 1. The fourth-order valence-corrected chi connectivity index (χ4v) is 3.56. The zero-order valence-electron chi connectivity index (χ0n) is 17.9. The first-order valence-corrected chi connectivity index (χ1v) is 10.4. The Labute approximate surface area is 189 Å². The molecule has 0 atom stereocenters. The molecule has 0 fully saturated rings. The van der Waals surface area contributed by atoms with E-state index in [1.165, 1.54) is 7.11 Å². The molecule has 0 saturated heterocycles. The normalized spacial score (nSPS) is 11.2. The third-order valence-corrected chi connectivity index (χ3v) is 5.20. The standard InChI is InChI=1S/C22H23ClN6O3/c1-12(2)25-20(30)11-32-17-7-5-14(8-18(17)31-3)22-26-19(28-29-22)9-13-4-6-16-15(21(13)23)10-24-27-16/h4-8,10,12H,9,11H2,1-3H3,(H,24,27)(H,25,30)(H,26,28,29). The van der Waals surface area contributed by atoms with Crippen molar-refractivity contribution in [1.82, 2.24) is 30.7 Å². The summed E-state index contributed by atoms with van der Waals surface area (Å²) in [7, 11) is 1.54. The number of methoxy groups -OCH3 is 1. The Hall–Kier alpha value is -3.59. The molecule has 4 rings (SSSR count). The van der Waals surface area contributed by atoms with E-state index in [2.05, 4.69) is 30.7 Å². The van der Waals surface area contributed by atoms with Gasteiger partial charge in [-0.05, 0) is 43.7 Å². The maximum atomic E-state index is 11.8. The van der Waals surface area contributed by atoms with Crippen LogP contribution in [0.15, 0.2) is 36.5 Å². The molecule has 4 aromatic rings. The molecule has 0 radical (unpaired) electrons. The lowest BCUT2D eigenvalue weighted by molar-refractivity contribution is -0.123. The van der Waals surface area contributed by atoms with E-state index in [0.29, 0.717) is 34.6 Å². The van der Waals surface area contributed by atoms with Crippen molar-refractivity contribution in [2.24, 2.45) is 0 Å². The lowest BCUT2D eigenvalue weighted by Crippen LogP contribution is -2.34. The summed E-state index contributed by atoms with van der Waals surface area (Å²) in [6, 6.07) is 9.24. The van der Waals surface area contributed by atoms with Gasteiger partial charge in [-0.3, -0.25) is 15.0 Å². The highest BCUT2D eigenvalue weighted by Gasteiger charge is 2.14. The van der Waals surface area contributed by atoms with Crippen LogP contribution in [0.5, 0.6) is 11.5 Å². The Bertz CT molecular complexity index is 1250. The van der Waals surface area contributed by atoms with Crippen molar-refractivity contribution in [1.29, 1.82) is 0 Å². The summed E-state index contributed by atoms with van der Waals surface area (Å²) in [4.78, 5) is 16.4. The Balaban J connectivity index is 1.49. The Morgan fingerprint density at radius 1 is 1.19 bits per heavy atom. The van der Waals surface area contributed by atoms with E-state index < -0.39 is 0 Å². The van der Waals surface area contributed by atoms with E-state index in [-0.39, 0.29) is 18.6 Å². The minimum atomic E-state index is -0.197. The van der Waals surface area contributed by atoms with Gasteiger partial charge in [-0.1, -0.05) is 17.7 Å². The highest BCUT2D eigenvalue weighted by molar-refractivity contribution is 6.36. The summed E-state index contributed by atoms with van der Waals surface area (Å²) in [5, 5.41) is 18.5. The lowest BCUT2D eigenvalue weighted by atomic mass is 10.1. The summed E-state index contributed by atoms with van der Waals surface area (Å²) >= 11 is 6.51. The van der Waals surface area contributed by atoms with Gasteiger partial charge < -0.3 is 14.8 Å². The molecule has 10 heteroatoms. The van der Waals surface area contributed by atoms with Gasteiger partial charge in [0.15, 0.2) is 23.9 Å². The number of nitrogens with one attached hydrogen (secondary N) is 3. The molecule has 32 heavy (non-hydrogen) atoms. The second-order valence-corrected chi connectivity index (χ2v) is 7.91. The molecule has 0 aliphatic rings. The molecule has 0 aliphatic carbocycles. The van der Waals surface area contributed by atoms with Crippen LogP contribution in [0.2, 0.25) is 5.02 Å². The highest BCUT2D eigenvalue weighted by Crippen LogP contribution is 2.32. The van der Waals surface area contributed by atoms with Gasteiger partial charge >= 0.3 is 0 Å². The van der Waals surface area contributed by atoms with E-state index in [4.69, 9.17) is 21.1 Å². The number of aromatic amines is 2. The van der Waals surface area contributed by atoms with Crippen molar-refractivity contribution >= 4 is 28.4 Å². The van der Waals surface area contributed by atoms with Gasteiger partial charge in [-0.25, -0.2) is 4.98 Å². The fourth-order valence-electron chi connectivity index (χ4n) is 3.28. The molecule has 0 spiro atoms. The van der Waals surface area contributed by atoms with E-state index in [9.17, 15) is 4.79 Å². The first kappa shape index (κ1) is 21.6. The molecular weight excluding hydrogens is 432 g/mol. The number of rotatable bonds is 8. The van der Waals surface area contributed by atoms with E-state index in [1.54, 1.807) is 18.3 Å². The van der Waals surface area contributed by atoms with Crippen LogP contribution >= 0.6 is 11.6 Å². The summed E-state index contributed by atoms with van der Waals surface area (Å²) in [6.45, 7) is 3.69. The Morgan fingerprint density at radius 2 is 2.03 bits per heavy atom. The van der Waals surface area contributed by atoms with E-state index in [0.717, 1.165) is 22.0 Å². The van der Waals surface area contributed by atoms with Crippen molar-refractivity contribution in [2.45, 2.75) is 26.3 Å². The van der Waals surface area contributed by atoms with Crippen LogP contribution < -0.4 is 14.8 Å². The maximum Gasteiger partial charge on any atom is 0.258 e. The fraction of sp³-hybridized carbons (Fsp3) is 0.273. The molecule has 0 aliphatic heterocycles. The van der Waals surface area contributed by atoms with Crippen LogP contribution in [0, 0.1) is 0 Å². The minimum absolute atomic E-state index is 0.0480. The molecule has 1 amide bonds. The molecule has 3 N–H and O–H groups in total. The number of carbonyl (C=O) groups is 1. The molecule has 2 heterocycles. The number of fused-ring (bicyclic) bond motifs is 1. The van der Waals surface area contributed by atoms with Crippen molar-refractivity contribution in [3.63, 3.8) is 0 Å². The van der Waals surface area contributed by atoms with Crippen molar-refractivity contribution in [3.8, 4) is 22.9 Å². The topological polar surface area (TPSA) is 118 Å². The zero-order valence-corrected chi connectivity index (χ0v) is 18.7. The van der Waals surface area contributed by atoms with Gasteiger partial charge in [0, 0.05) is 23.4 Å². The van der Waals surface area contributed by atoms with Gasteiger partial charge in [0.05, 0.1) is 23.8 Å². The third-order valence-electron chi connectivity index (χ3n) is 4.76. The summed E-state index contributed by atoms with van der Waals surface area (Å²) in [6.07, 6.45) is 2.20. The molecule has 0 saturated carbocycles. The van der Waals surface area contributed by atoms with Gasteiger partial charge in [0.1, 0.15) is 5.82 Å². The molecule has 0 bridgehead atoms. The van der Waals surface area contributed by atoms with Crippen molar-refractivity contribution in [3.05, 3.63) is 52.9 Å². The third kappa shape index (κ3) is 4.67. The number of benzene rings is 2. The number of hydrogen-bond acceptors (Lipinski definition) is 6. The van der Waals surface area contributed by atoms with Crippen LogP contribution in [-0.2, 0) is 11.2 Å². The average Bonchev–Trinajstić information content (AvgIpc) is 3.43. The molecule has 0 unspecified atom stereocenters. The summed E-state index contributed by atoms with van der Waals surface area (Å²) in [5.41, 5.74) is 2.55. The van der Waals surface area contributed by atoms with Crippen molar-refractivity contribution in [2.75, 3.05) is 13.7 Å². The average molecular weight is 455 g/mol. The van der Waals surface area contributed by atoms with Gasteiger partial charge in [-0.15, -0.1) is 0 Å². The second kappa shape index (κ2) is 9.27. The van der Waals surface area contributed by atoms with Crippen LogP contribution in [0.4, 0.5) is 0 Å². The smallest absolute Gasteiger partial charge is 0.258 e. The SMILES string of the molecule is COc1cc(-c2n[nH]c(Cc3ccc4[nH]ncc4c3Cl)n2)ccc1OCC(=O)NC(C)C. The van der Waals surface area contributed by atoms with Crippen LogP contribution in [0.1, 0.15) is 25.2 Å². The molecule has 2 aromatic heterocycles. The highest BCUT2D eigenvalue weighted by atomic mass is 35.5. The van der Waals surface area contributed by atoms with Gasteiger partial charge in [-0.2, -0.15) is 10.2 Å². The van der Waals surface area contributed by atoms with Gasteiger partial charge in [0.25, 0.3) is 5.91 Å². The first-order valence-electron chi connectivity index (χ1n) is 10.1. The number of ether oxygens (including phenoxy) is 2. The Kier molecular flexibility index (Phi) is 6.27. The second-order valence-electron chi connectivity index (χ2n) is 7.53. The van der Waals surface area contributed by atoms with Crippen molar-refractivity contribution < 1.29 is 14.3 Å². The largest absolute Gasteiger partial charge is 0.493 e. The number of halogens is 1. The summed E-state index contributed by atoms with van der Waals surface area (Å²) in [5.74, 6) is 1.94. The Morgan fingerprint density at radius 3 is 2.81 bits per heavy atom.